The molecule has 1 fully saturated rings. The molecule has 1 saturated heterocycles. The van der Waals surface area contributed by atoms with Crippen molar-refractivity contribution < 1.29 is 13.5 Å². The molecule has 1 atom stereocenters. The molecular formula is C12H18ClN3O3S. The van der Waals surface area contributed by atoms with Crippen molar-refractivity contribution in [1.82, 2.24) is 9.29 Å². The SMILES string of the molecule is CCNc1ncc(S(=O)(=O)N2CCC(C)(O)C2)cc1Cl. The van der Waals surface area contributed by atoms with Gasteiger partial charge in [-0.15, -0.1) is 0 Å². The summed E-state index contributed by atoms with van der Waals surface area (Å²) < 4.78 is 26.1. The number of nitrogens with one attached hydrogen (secondary N) is 1. The zero-order chi connectivity index (χ0) is 15.0. The summed E-state index contributed by atoms with van der Waals surface area (Å²) in [6, 6.07) is 1.38. The molecule has 0 amide bonds. The van der Waals surface area contributed by atoms with Crippen LogP contribution in [-0.4, -0.2) is 48.0 Å². The van der Waals surface area contributed by atoms with E-state index in [0.717, 1.165) is 0 Å². The van der Waals surface area contributed by atoms with Gasteiger partial charge in [-0.2, -0.15) is 4.31 Å². The number of pyridine rings is 1. The Morgan fingerprint density at radius 2 is 2.30 bits per heavy atom. The fourth-order valence-electron chi connectivity index (χ4n) is 2.12. The van der Waals surface area contributed by atoms with Gasteiger partial charge in [-0.1, -0.05) is 11.6 Å². The Morgan fingerprint density at radius 3 is 2.80 bits per heavy atom. The maximum atomic E-state index is 12.4. The van der Waals surface area contributed by atoms with E-state index < -0.39 is 15.6 Å². The third-order valence-corrected chi connectivity index (χ3v) is 5.31. The molecule has 0 bridgehead atoms. The van der Waals surface area contributed by atoms with E-state index in [0.29, 0.717) is 25.3 Å². The summed E-state index contributed by atoms with van der Waals surface area (Å²) in [6.45, 7) is 4.55. The van der Waals surface area contributed by atoms with Crippen molar-refractivity contribution in [2.75, 3.05) is 25.0 Å². The summed E-state index contributed by atoms with van der Waals surface area (Å²) in [5.41, 5.74) is -0.978. The number of nitrogens with zero attached hydrogens (tertiary/aromatic N) is 2. The van der Waals surface area contributed by atoms with Crippen LogP contribution in [0.4, 0.5) is 5.82 Å². The van der Waals surface area contributed by atoms with E-state index in [1.165, 1.54) is 16.6 Å². The second kappa shape index (κ2) is 5.48. The highest BCUT2D eigenvalue weighted by atomic mass is 35.5. The summed E-state index contributed by atoms with van der Waals surface area (Å²) in [5.74, 6) is 0.460. The molecule has 6 nitrogen and oxygen atoms in total. The molecule has 0 spiro atoms. The van der Waals surface area contributed by atoms with Crippen molar-refractivity contribution >= 4 is 27.4 Å². The van der Waals surface area contributed by atoms with Gasteiger partial charge in [-0.05, 0) is 26.3 Å². The van der Waals surface area contributed by atoms with Crippen molar-refractivity contribution in [1.29, 1.82) is 0 Å². The lowest BCUT2D eigenvalue weighted by Crippen LogP contribution is -2.34. The molecule has 1 aromatic heterocycles. The van der Waals surface area contributed by atoms with Gasteiger partial charge in [0.1, 0.15) is 10.7 Å². The summed E-state index contributed by atoms with van der Waals surface area (Å²) in [6.07, 6.45) is 1.70. The van der Waals surface area contributed by atoms with E-state index in [-0.39, 0.29) is 16.5 Å². The molecule has 20 heavy (non-hydrogen) atoms. The summed E-state index contributed by atoms with van der Waals surface area (Å²) >= 11 is 6.02. The maximum absolute atomic E-state index is 12.4. The van der Waals surface area contributed by atoms with Gasteiger partial charge in [0.25, 0.3) is 0 Å². The lowest BCUT2D eigenvalue weighted by Gasteiger charge is -2.19. The number of hydrogen-bond acceptors (Lipinski definition) is 5. The van der Waals surface area contributed by atoms with E-state index in [9.17, 15) is 13.5 Å². The van der Waals surface area contributed by atoms with Crippen LogP contribution in [0.5, 0.6) is 0 Å². The normalized spacial score (nSPS) is 24.0. The number of sulfonamides is 1. The molecule has 0 aliphatic carbocycles. The third kappa shape index (κ3) is 3.06. The van der Waals surface area contributed by atoms with Crippen LogP contribution in [0.2, 0.25) is 5.02 Å². The molecule has 8 heteroatoms. The Morgan fingerprint density at radius 1 is 1.60 bits per heavy atom. The summed E-state index contributed by atoms with van der Waals surface area (Å²) in [5, 5.41) is 13.1. The zero-order valence-corrected chi connectivity index (χ0v) is 13.0. The van der Waals surface area contributed by atoms with Gasteiger partial charge in [0.05, 0.1) is 10.6 Å². The van der Waals surface area contributed by atoms with Gasteiger partial charge in [0, 0.05) is 25.8 Å². The highest BCUT2D eigenvalue weighted by Gasteiger charge is 2.38. The van der Waals surface area contributed by atoms with Crippen molar-refractivity contribution in [2.24, 2.45) is 0 Å². The molecule has 1 unspecified atom stereocenters. The van der Waals surface area contributed by atoms with Crippen LogP contribution in [0.1, 0.15) is 20.3 Å². The molecule has 0 aromatic carbocycles. The highest BCUT2D eigenvalue weighted by molar-refractivity contribution is 7.89. The Kier molecular flexibility index (Phi) is 4.24. The van der Waals surface area contributed by atoms with Crippen LogP contribution < -0.4 is 5.32 Å². The van der Waals surface area contributed by atoms with Crippen LogP contribution in [0, 0.1) is 0 Å². The number of rotatable bonds is 4. The fourth-order valence-corrected chi connectivity index (χ4v) is 3.95. The first-order chi connectivity index (χ1) is 9.26. The highest BCUT2D eigenvalue weighted by Crippen LogP contribution is 2.29. The molecule has 0 saturated carbocycles. The van der Waals surface area contributed by atoms with Crippen LogP contribution in [0.15, 0.2) is 17.2 Å². The smallest absolute Gasteiger partial charge is 0.244 e. The van der Waals surface area contributed by atoms with Gasteiger partial charge < -0.3 is 10.4 Å². The number of β-amino-alcohol motifs (C(OH)–C–C–N with tert-alkyl or cyclic N) is 1. The minimum Gasteiger partial charge on any atom is -0.389 e. The maximum Gasteiger partial charge on any atom is 0.244 e. The van der Waals surface area contributed by atoms with Gasteiger partial charge in [0.2, 0.25) is 10.0 Å². The molecular weight excluding hydrogens is 302 g/mol. The number of aromatic nitrogens is 1. The third-order valence-electron chi connectivity index (χ3n) is 3.21. The van der Waals surface area contributed by atoms with Crippen molar-refractivity contribution in [3.63, 3.8) is 0 Å². The Hall–Kier alpha value is -0.890. The minimum atomic E-state index is -3.67. The van der Waals surface area contributed by atoms with Crippen LogP contribution in [-0.2, 0) is 10.0 Å². The minimum absolute atomic E-state index is 0.0434. The van der Waals surface area contributed by atoms with Crippen LogP contribution >= 0.6 is 11.6 Å². The average Bonchev–Trinajstić information content (AvgIpc) is 2.73. The number of hydrogen-bond donors (Lipinski definition) is 2. The molecule has 2 N–H and O–H groups in total. The van der Waals surface area contributed by atoms with Crippen LogP contribution in [0.3, 0.4) is 0 Å². The summed E-state index contributed by atoms with van der Waals surface area (Å²) in [7, 11) is -3.67. The van der Waals surface area contributed by atoms with Gasteiger partial charge in [-0.3, -0.25) is 0 Å². The first-order valence-corrected chi connectivity index (χ1v) is 8.20. The second-order valence-corrected chi connectivity index (χ2v) is 7.46. The fraction of sp³-hybridized carbons (Fsp3) is 0.583. The first-order valence-electron chi connectivity index (χ1n) is 6.38. The number of anilines is 1. The molecule has 2 rings (SSSR count). The predicted molar refractivity (Wildman–Crippen MR) is 77.4 cm³/mol. The largest absolute Gasteiger partial charge is 0.389 e. The van der Waals surface area contributed by atoms with Gasteiger partial charge >= 0.3 is 0 Å². The lowest BCUT2D eigenvalue weighted by atomic mass is 10.1. The predicted octanol–water partition coefficient (Wildman–Crippen LogP) is 1.31. The van der Waals surface area contributed by atoms with Crippen LogP contribution in [0.25, 0.3) is 0 Å². The average molecular weight is 320 g/mol. The molecule has 112 valence electrons. The van der Waals surface area contributed by atoms with Crippen molar-refractivity contribution in [3.8, 4) is 0 Å². The summed E-state index contributed by atoms with van der Waals surface area (Å²) in [4.78, 5) is 4.07. The Balaban J connectivity index is 2.29. The van der Waals surface area contributed by atoms with Crippen molar-refractivity contribution in [3.05, 3.63) is 17.3 Å². The topological polar surface area (TPSA) is 82.5 Å². The molecule has 1 aromatic rings. The molecule has 0 radical (unpaired) electrons. The lowest BCUT2D eigenvalue weighted by molar-refractivity contribution is 0.0762. The Labute approximate surface area is 123 Å². The molecule has 2 heterocycles. The van der Waals surface area contributed by atoms with Gasteiger partial charge in [-0.25, -0.2) is 13.4 Å². The van der Waals surface area contributed by atoms with Crippen molar-refractivity contribution in [2.45, 2.75) is 30.8 Å². The molecule has 1 aliphatic rings. The van der Waals surface area contributed by atoms with E-state index in [1.807, 2.05) is 6.92 Å². The Bertz CT molecular complexity index is 604. The second-order valence-electron chi connectivity index (χ2n) is 5.12. The van der Waals surface area contributed by atoms with E-state index in [4.69, 9.17) is 11.6 Å². The number of aliphatic hydroxyl groups is 1. The quantitative estimate of drug-likeness (QED) is 0.874. The van der Waals surface area contributed by atoms with E-state index in [1.54, 1.807) is 6.92 Å². The monoisotopic (exact) mass is 319 g/mol. The van der Waals surface area contributed by atoms with E-state index in [2.05, 4.69) is 10.3 Å². The molecule has 1 aliphatic heterocycles. The van der Waals surface area contributed by atoms with E-state index >= 15 is 0 Å². The standard InChI is InChI=1S/C12H18ClN3O3S/c1-3-14-11-10(13)6-9(7-15-11)20(18,19)16-5-4-12(2,17)8-16/h6-7,17H,3-5,8H2,1-2H3,(H,14,15). The number of halogens is 1. The van der Waals surface area contributed by atoms with Gasteiger partial charge in [0.15, 0.2) is 0 Å². The first kappa shape index (κ1) is 15.5. The zero-order valence-electron chi connectivity index (χ0n) is 11.4.